The minimum absolute atomic E-state index is 0.172. The lowest BCUT2D eigenvalue weighted by atomic mass is 9.88. The molecule has 0 saturated carbocycles. The third-order valence-corrected chi connectivity index (χ3v) is 5.54. The van der Waals surface area contributed by atoms with Crippen LogP contribution >= 0.6 is 11.8 Å². The van der Waals surface area contributed by atoms with Crippen LogP contribution in [-0.4, -0.2) is 46.5 Å². The molecule has 134 valence electrons. The number of thioether (sulfide) groups is 1. The molecular formula is C20H24O4S. The molecule has 0 radical (unpaired) electrons. The van der Waals surface area contributed by atoms with E-state index in [0.717, 1.165) is 22.3 Å². The lowest BCUT2D eigenvalue weighted by Crippen LogP contribution is -2.44. The van der Waals surface area contributed by atoms with Gasteiger partial charge in [0.15, 0.2) is 0 Å². The van der Waals surface area contributed by atoms with Crippen molar-refractivity contribution in [2.45, 2.75) is 42.7 Å². The normalized spacial score (nSPS) is 26.6. The second-order valence-electron chi connectivity index (χ2n) is 6.41. The van der Waals surface area contributed by atoms with E-state index in [1.807, 2.05) is 37.4 Å². The summed E-state index contributed by atoms with van der Waals surface area (Å²) in [7, 11) is 0. The van der Waals surface area contributed by atoms with Gasteiger partial charge in [0.25, 0.3) is 0 Å². The van der Waals surface area contributed by atoms with Gasteiger partial charge in [0.1, 0.15) is 12.2 Å². The first-order valence-electron chi connectivity index (χ1n) is 8.41. The fourth-order valence-corrected chi connectivity index (χ4v) is 3.85. The second-order valence-corrected chi connectivity index (χ2v) is 7.29. The molecule has 3 unspecified atom stereocenters. The van der Waals surface area contributed by atoms with E-state index in [9.17, 15) is 15.3 Å². The van der Waals surface area contributed by atoms with Gasteiger partial charge < -0.3 is 20.1 Å². The predicted molar refractivity (Wildman–Crippen MR) is 99.7 cm³/mol. The number of benzene rings is 2. The summed E-state index contributed by atoms with van der Waals surface area (Å²) in [6, 6.07) is 14.2. The summed E-state index contributed by atoms with van der Waals surface area (Å²) < 4.78 is 5.86. The van der Waals surface area contributed by atoms with E-state index in [2.05, 4.69) is 18.2 Å². The van der Waals surface area contributed by atoms with E-state index >= 15 is 0 Å². The third kappa shape index (κ3) is 3.76. The van der Waals surface area contributed by atoms with E-state index in [1.165, 1.54) is 4.90 Å². The van der Waals surface area contributed by atoms with Crippen molar-refractivity contribution >= 4 is 11.8 Å². The van der Waals surface area contributed by atoms with Gasteiger partial charge >= 0.3 is 0 Å². The van der Waals surface area contributed by atoms with Crippen LogP contribution in [0.5, 0.6) is 0 Å². The Bertz CT molecular complexity index is 733. The molecule has 0 bridgehead atoms. The van der Waals surface area contributed by atoms with Crippen molar-refractivity contribution in [1.29, 1.82) is 0 Å². The molecule has 1 saturated heterocycles. The van der Waals surface area contributed by atoms with Crippen LogP contribution in [0.15, 0.2) is 47.4 Å². The van der Waals surface area contributed by atoms with Gasteiger partial charge in [-0.3, -0.25) is 0 Å². The topological polar surface area (TPSA) is 69.9 Å². The fourth-order valence-electron chi connectivity index (χ4n) is 3.39. The maximum absolute atomic E-state index is 10.4. The summed E-state index contributed by atoms with van der Waals surface area (Å²) in [5.74, 6) is 0. The predicted octanol–water partition coefficient (Wildman–Crippen LogP) is 2.93. The van der Waals surface area contributed by atoms with Gasteiger partial charge in [0.2, 0.25) is 0 Å². The fraction of sp³-hybridized carbons (Fsp3) is 0.400. The molecule has 0 aromatic heterocycles. The standard InChI is InChI=1S/C20H24O4S/c1-12-16(13-5-3-6-15(9-13)25-2)7-4-8-17(12)20-19(23)18(22)10-14(11-21)24-20/h3-9,14,18-23H,10-11H2,1-2H3/t14?,18?,19?,20-/m1/s1. The molecule has 1 fully saturated rings. The second kappa shape index (κ2) is 7.89. The summed E-state index contributed by atoms with van der Waals surface area (Å²) in [6.07, 6.45) is -0.739. The van der Waals surface area contributed by atoms with Crippen LogP contribution in [0.1, 0.15) is 23.7 Å². The molecule has 0 aliphatic carbocycles. The molecular weight excluding hydrogens is 336 g/mol. The van der Waals surface area contributed by atoms with Crippen molar-refractivity contribution in [1.82, 2.24) is 0 Å². The molecule has 25 heavy (non-hydrogen) atoms. The summed E-state index contributed by atoms with van der Waals surface area (Å²) >= 11 is 1.69. The first-order chi connectivity index (χ1) is 12.0. The Morgan fingerprint density at radius 3 is 2.64 bits per heavy atom. The number of aliphatic hydroxyl groups is 3. The van der Waals surface area contributed by atoms with Crippen LogP contribution in [0.2, 0.25) is 0 Å². The van der Waals surface area contributed by atoms with Crippen molar-refractivity contribution < 1.29 is 20.1 Å². The van der Waals surface area contributed by atoms with Crippen LogP contribution in [0, 0.1) is 6.92 Å². The van der Waals surface area contributed by atoms with E-state index in [4.69, 9.17) is 4.74 Å². The smallest absolute Gasteiger partial charge is 0.112 e. The highest BCUT2D eigenvalue weighted by molar-refractivity contribution is 7.98. The Labute approximate surface area is 152 Å². The zero-order valence-electron chi connectivity index (χ0n) is 14.4. The van der Waals surface area contributed by atoms with E-state index < -0.39 is 24.4 Å². The molecule has 3 N–H and O–H groups in total. The van der Waals surface area contributed by atoms with E-state index in [0.29, 0.717) is 0 Å². The van der Waals surface area contributed by atoms with Gasteiger partial charge in [0, 0.05) is 11.3 Å². The summed E-state index contributed by atoms with van der Waals surface area (Å²) in [5, 5.41) is 29.9. The quantitative estimate of drug-likeness (QED) is 0.732. The lowest BCUT2D eigenvalue weighted by Gasteiger charge is -2.37. The van der Waals surface area contributed by atoms with Crippen molar-refractivity contribution in [2.24, 2.45) is 0 Å². The molecule has 0 amide bonds. The summed E-state index contributed by atoms with van der Waals surface area (Å²) in [6.45, 7) is 1.83. The van der Waals surface area contributed by atoms with Crippen molar-refractivity contribution in [3.8, 4) is 11.1 Å². The molecule has 1 aliphatic heterocycles. The summed E-state index contributed by atoms with van der Waals surface area (Å²) in [4.78, 5) is 1.19. The highest BCUT2D eigenvalue weighted by Gasteiger charge is 2.38. The van der Waals surface area contributed by atoms with Crippen molar-refractivity contribution in [3.63, 3.8) is 0 Å². The van der Waals surface area contributed by atoms with Gasteiger partial charge in [-0.1, -0.05) is 30.3 Å². The minimum Gasteiger partial charge on any atom is -0.394 e. The number of hydrogen-bond acceptors (Lipinski definition) is 5. The molecule has 2 aromatic rings. The molecule has 2 aromatic carbocycles. The summed E-state index contributed by atoms with van der Waals surface area (Å²) in [5.41, 5.74) is 4.04. The number of rotatable bonds is 4. The lowest BCUT2D eigenvalue weighted by molar-refractivity contribution is -0.179. The maximum Gasteiger partial charge on any atom is 0.112 e. The molecule has 0 spiro atoms. The SMILES string of the molecule is CSc1cccc(-c2cccc([C@H]3OC(CO)CC(O)C3O)c2C)c1. The first-order valence-corrected chi connectivity index (χ1v) is 9.64. The maximum atomic E-state index is 10.4. The zero-order chi connectivity index (χ0) is 18.0. The molecule has 4 nitrogen and oxygen atoms in total. The highest BCUT2D eigenvalue weighted by Crippen LogP contribution is 2.37. The largest absolute Gasteiger partial charge is 0.394 e. The van der Waals surface area contributed by atoms with Gasteiger partial charge in [-0.15, -0.1) is 11.8 Å². The molecule has 4 atom stereocenters. The van der Waals surface area contributed by atoms with Crippen LogP contribution in [-0.2, 0) is 4.74 Å². The number of aliphatic hydroxyl groups excluding tert-OH is 3. The monoisotopic (exact) mass is 360 g/mol. The highest BCUT2D eigenvalue weighted by atomic mass is 32.2. The van der Waals surface area contributed by atoms with Crippen LogP contribution < -0.4 is 0 Å². The average Bonchev–Trinajstić information content (AvgIpc) is 2.64. The van der Waals surface area contributed by atoms with Gasteiger partial charge in [-0.05, 0) is 47.6 Å². The first kappa shape index (κ1) is 18.4. The van der Waals surface area contributed by atoms with Gasteiger partial charge in [-0.2, -0.15) is 0 Å². The van der Waals surface area contributed by atoms with E-state index in [1.54, 1.807) is 11.8 Å². The Morgan fingerprint density at radius 2 is 1.92 bits per heavy atom. The molecule has 5 heteroatoms. The number of hydrogen-bond donors (Lipinski definition) is 3. The van der Waals surface area contributed by atoms with Crippen molar-refractivity contribution in [3.05, 3.63) is 53.6 Å². The Hall–Kier alpha value is -1.37. The Balaban J connectivity index is 2.00. The van der Waals surface area contributed by atoms with E-state index in [-0.39, 0.29) is 13.0 Å². The van der Waals surface area contributed by atoms with Gasteiger partial charge in [-0.25, -0.2) is 0 Å². The average molecular weight is 360 g/mol. The Kier molecular flexibility index (Phi) is 5.81. The molecule has 1 heterocycles. The van der Waals surface area contributed by atoms with Crippen molar-refractivity contribution in [2.75, 3.05) is 12.9 Å². The minimum atomic E-state index is -1.01. The van der Waals surface area contributed by atoms with Crippen LogP contribution in [0.4, 0.5) is 0 Å². The Morgan fingerprint density at radius 1 is 1.16 bits per heavy atom. The number of ether oxygens (including phenoxy) is 1. The van der Waals surface area contributed by atoms with Crippen LogP contribution in [0.25, 0.3) is 11.1 Å². The molecule has 1 aliphatic rings. The molecule has 3 rings (SSSR count). The zero-order valence-corrected chi connectivity index (χ0v) is 15.2. The van der Waals surface area contributed by atoms with Gasteiger partial charge in [0.05, 0.1) is 18.8 Å². The van der Waals surface area contributed by atoms with Crippen LogP contribution in [0.3, 0.4) is 0 Å². The third-order valence-electron chi connectivity index (χ3n) is 4.81.